The van der Waals surface area contributed by atoms with Crippen molar-refractivity contribution in [2.24, 2.45) is 5.92 Å². The molecule has 0 aliphatic carbocycles. The van der Waals surface area contributed by atoms with Crippen molar-refractivity contribution < 1.29 is 21.2 Å². The molecule has 2 aromatic carbocycles. The molecular formula is C30H28FN5O5S. The van der Waals surface area contributed by atoms with Gasteiger partial charge < -0.3 is 23.8 Å². The van der Waals surface area contributed by atoms with Gasteiger partial charge in [-0.3, -0.25) is 9.78 Å². The standard InChI is InChI=1S/C30H28FN5O5S/c1-17(2)16-40-27-12-24-26(11-23(27)19-10-21(15-34-14-19)41-42(31,38)39)36(20-5-7-33-8-6-20)30-28(29(24)37)22-4-3-18(13-32)9-25(22)35-30/h3-4,9-12,14-15,17,20,33,35H,5-8,16H2,1-2H3. The van der Waals surface area contributed by atoms with Crippen LogP contribution in [0.1, 0.15) is 38.3 Å². The van der Waals surface area contributed by atoms with Crippen LogP contribution >= 0.6 is 0 Å². The number of aromatic amines is 1. The first-order chi connectivity index (χ1) is 20.1. The van der Waals surface area contributed by atoms with Gasteiger partial charge in [0.2, 0.25) is 0 Å². The number of pyridine rings is 2. The molecule has 1 fully saturated rings. The molecule has 0 radical (unpaired) electrons. The molecule has 216 valence electrons. The second-order valence-electron chi connectivity index (χ2n) is 10.9. The van der Waals surface area contributed by atoms with E-state index in [1.165, 1.54) is 12.3 Å². The maximum Gasteiger partial charge on any atom is 0.488 e. The molecule has 0 spiro atoms. The number of aromatic nitrogens is 3. The fourth-order valence-corrected chi connectivity index (χ4v) is 5.96. The number of nitrogens with one attached hydrogen (secondary N) is 2. The molecule has 4 heterocycles. The Balaban J connectivity index is 1.69. The maximum absolute atomic E-state index is 14.2. The van der Waals surface area contributed by atoms with Crippen LogP contribution in [0.25, 0.3) is 44.0 Å². The van der Waals surface area contributed by atoms with Crippen molar-refractivity contribution in [1.82, 2.24) is 19.9 Å². The van der Waals surface area contributed by atoms with E-state index in [1.54, 1.807) is 24.3 Å². The predicted octanol–water partition coefficient (Wildman–Crippen LogP) is 5.12. The molecule has 3 aromatic heterocycles. The molecule has 0 saturated carbocycles. The van der Waals surface area contributed by atoms with Crippen molar-refractivity contribution in [1.29, 1.82) is 5.26 Å². The Labute approximate surface area is 241 Å². The van der Waals surface area contributed by atoms with Gasteiger partial charge in [0, 0.05) is 34.3 Å². The van der Waals surface area contributed by atoms with E-state index in [0.29, 0.717) is 56.5 Å². The lowest BCUT2D eigenvalue weighted by Gasteiger charge is -2.28. The number of benzene rings is 2. The largest absolute Gasteiger partial charge is 0.493 e. The molecular weight excluding hydrogens is 561 g/mol. The van der Waals surface area contributed by atoms with Crippen LogP contribution in [0.4, 0.5) is 3.89 Å². The van der Waals surface area contributed by atoms with Gasteiger partial charge in [0.05, 0.1) is 40.7 Å². The monoisotopic (exact) mass is 589 g/mol. The lowest BCUT2D eigenvalue weighted by atomic mass is 9.99. The minimum absolute atomic E-state index is 0.0557. The smallest absolute Gasteiger partial charge is 0.488 e. The predicted molar refractivity (Wildman–Crippen MR) is 158 cm³/mol. The SMILES string of the molecule is CC(C)COc1cc2c(=O)c3c4ccc(C#N)cc4[nH]c3n(C3CCNCC3)c2cc1-c1cncc(OS(=O)(=O)F)c1. The number of ether oxygens (including phenoxy) is 1. The summed E-state index contributed by atoms with van der Waals surface area (Å²) in [5.41, 5.74) is 3.28. The third-order valence-corrected chi connectivity index (χ3v) is 7.84. The second-order valence-corrected chi connectivity index (χ2v) is 11.8. The van der Waals surface area contributed by atoms with Crippen molar-refractivity contribution in [2.45, 2.75) is 32.7 Å². The second kappa shape index (κ2) is 10.7. The summed E-state index contributed by atoms with van der Waals surface area (Å²) in [6.07, 6.45) is 4.25. The average Bonchev–Trinajstić information content (AvgIpc) is 3.34. The van der Waals surface area contributed by atoms with Crippen molar-refractivity contribution in [3.63, 3.8) is 0 Å². The highest BCUT2D eigenvalue weighted by molar-refractivity contribution is 7.81. The lowest BCUT2D eigenvalue weighted by molar-refractivity contribution is 0.272. The van der Waals surface area contributed by atoms with E-state index in [4.69, 9.17) is 4.74 Å². The molecule has 0 amide bonds. The first-order valence-corrected chi connectivity index (χ1v) is 14.9. The quantitative estimate of drug-likeness (QED) is 0.249. The third kappa shape index (κ3) is 5.17. The molecule has 1 aliphatic heterocycles. The van der Waals surface area contributed by atoms with Gasteiger partial charge in [-0.25, -0.2) is 0 Å². The molecule has 0 unspecified atom stereocenters. The highest BCUT2D eigenvalue weighted by atomic mass is 32.3. The molecule has 0 bridgehead atoms. The van der Waals surface area contributed by atoms with E-state index in [0.717, 1.165) is 37.5 Å². The first-order valence-electron chi connectivity index (χ1n) is 13.6. The first kappa shape index (κ1) is 27.7. The van der Waals surface area contributed by atoms with E-state index in [1.807, 2.05) is 19.9 Å². The number of nitriles is 1. The Bertz CT molecular complexity index is 2060. The van der Waals surface area contributed by atoms with Crippen LogP contribution in [0.5, 0.6) is 11.5 Å². The number of rotatable bonds is 7. The normalized spacial score (nSPS) is 14.5. The zero-order chi connectivity index (χ0) is 29.6. The van der Waals surface area contributed by atoms with Gasteiger partial charge in [0.1, 0.15) is 11.4 Å². The number of halogens is 1. The number of piperidine rings is 1. The molecule has 12 heteroatoms. The molecule has 0 atom stereocenters. The summed E-state index contributed by atoms with van der Waals surface area (Å²) in [7, 11) is -5.26. The number of nitrogens with zero attached hydrogens (tertiary/aromatic N) is 3. The lowest BCUT2D eigenvalue weighted by Crippen LogP contribution is -2.30. The summed E-state index contributed by atoms with van der Waals surface area (Å²) < 4.78 is 48.4. The zero-order valence-electron chi connectivity index (χ0n) is 23.0. The summed E-state index contributed by atoms with van der Waals surface area (Å²) in [6, 6.07) is 12.4. The summed E-state index contributed by atoms with van der Waals surface area (Å²) in [5.74, 6) is 0.285. The van der Waals surface area contributed by atoms with E-state index < -0.39 is 10.5 Å². The third-order valence-electron chi connectivity index (χ3n) is 7.44. The summed E-state index contributed by atoms with van der Waals surface area (Å²) in [5, 5.41) is 14.6. The number of hydrogen-bond acceptors (Lipinski definition) is 8. The van der Waals surface area contributed by atoms with Crippen molar-refractivity contribution >= 4 is 43.3 Å². The minimum atomic E-state index is -5.26. The number of H-pyrrole nitrogens is 1. The molecule has 2 N–H and O–H groups in total. The van der Waals surface area contributed by atoms with Crippen molar-refractivity contribution in [3.05, 3.63) is 64.6 Å². The molecule has 10 nitrogen and oxygen atoms in total. The number of hydrogen-bond donors (Lipinski definition) is 2. The van der Waals surface area contributed by atoms with E-state index in [9.17, 15) is 22.4 Å². The fourth-order valence-electron chi connectivity index (χ4n) is 5.64. The summed E-state index contributed by atoms with van der Waals surface area (Å²) in [4.78, 5) is 21.7. The van der Waals surface area contributed by atoms with E-state index >= 15 is 0 Å². The molecule has 5 aromatic rings. The summed E-state index contributed by atoms with van der Waals surface area (Å²) >= 11 is 0. The van der Waals surface area contributed by atoms with E-state index in [2.05, 4.69) is 30.1 Å². The van der Waals surface area contributed by atoms with Crippen LogP contribution in [0, 0.1) is 17.2 Å². The Morgan fingerprint density at radius 2 is 1.93 bits per heavy atom. The fraction of sp³-hybridized carbons (Fsp3) is 0.300. The van der Waals surface area contributed by atoms with Gasteiger partial charge >= 0.3 is 10.5 Å². The van der Waals surface area contributed by atoms with Gasteiger partial charge in [-0.2, -0.15) is 13.7 Å². The average molecular weight is 590 g/mol. The highest BCUT2D eigenvalue weighted by Gasteiger charge is 2.25. The van der Waals surface area contributed by atoms with Gasteiger partial charge in [0.25, 0.3) is 0 Å². The Hall–Kier alpha value is -4.47. The van der Waals surface area contributed by atoms with Crippen LogP contribution in [-0.2, 0) is 10.5 Å². The Morgan fingerprint density at radius 3 is 2.64 bits per heavy atom. The van der Waals surface area contributed by atoms with Crippen LogP contribution in [-0.4, -0.2) is 42.6 Å². The van der Waals surface area contributed by atoms with Crippen molar-refractivity contribution in [3.8, 4) is 28.7 Å². The highest BCUT2D eigenvalue weighted by Crippen LogP contribution is 2.39. The van der Waals surface area contributed by atoms with Crippen LogP contribution in [0.3, 0.4) is 0 Å². The summed E-state index contributed by atoms with van der Waals surface area (Å²) in [6.45, 7) is 5.97. The van der Waals surface area contributed by atoms with Crippen molar-refractivity contribution in [2.75, 3.05) is 19.7 Å². The van der Waals surface area contributed by atoms with Crippen LogP contribution < -0.4 is 19.7 Å². The molecule has 1 aliphatic rings. The van der Waals surface area contributed by atoms with Gasteiger partial charge in [-0.1, -0.05) is 23.8 Å². The Kier molecular flexibility index (Phi) is 7.08. The topological polar surface area (TPSA) is 139 Å². The number of fused-ring (bicyclic) bond motifs is 4. The van der Waals surface area contributed by atoms with E-state index in [-0.39, 0.29) is 23.1 Å². The zero-order valence-corrected chi connectivity index (χ0v) is 23.8. The maximum atomic E-state index is 14.2. The van der Waals surface area contributed by atoms with Gasteiger partial charge in [-0.05, 0) is 62.2 Å². The van der Waals surface area contributed by atoms with Crippen LogP contribution in [0.2, 0.25) is 0 Å². The Morgan fingerprint density at radius 1 is 1.14 bits per heavy atom. The van der Waals surface area contributed by atoms with Gasteiger partial charge in [-0.15, -0.1) is 0 Å². The van der Waals surface area contributed by atoms with Crippen LogP contribution in [0.15, 0.2) is 53.6 Å². The van der Waals surface area contributed by atoms with Gasteiger partial charge in [0.15, 0.2) is 11.2 Å². The molecule has 6 rings (SSSR count). The molecule has 1 saturated heterocycles. The minimum Gasteiger partial charge on any atom is -0.493 e. The molecule has 42 heavy (non-hydrogen) atoms.